The summed E-state index contributed by atoms with van der Waals surface area (Å²) in [5, 5.41) is 10.9. The lowest BCUT2D eigenvalue weighted by atomic mass is 10.0. The van der Waals surface area contributed by atoms with E-state index >= 15 is 0 Å². The molecule has 0 saturated heterocycles. The second-order valence-corrected chi connectivity index (χ2v) is 4.58. The number of nitrogens with zero attached hydrogens (tertiary/aromatic N) is 4. The second kappa shape index (κ2) is 4.64. The van der Waals surface area contributed by atoms with Crippen LogP contribution in [0.3, 0.4) is 0 Å². The van der Waals surface area contributed by atoms with Crippen LogP contribution in [-0.4, -0.2) is 25.1 Å². The fourth-order valence-corrected chi connectivity index (χ4v) is 1.96. The molecule has 2 N–H and O–H groups in total. The Morgan fingerprint density at radius 2 is 2.05 bits per heavy atom. The molecule has 6 nitrogen and oxygen atoms in total. The van der Waals surface area contributed by atoms with E-state index in [1.54, 1.807) is 12.4 Å². The van der Waals surface area contributed by atoms with Crippen molar-refractivity contribution in [2.75, 3.05) is 5.32 Å². The van der Waals surface area contributed by atoms with Crippen LogP contribution in [0.1, 0.15) is 25.3 Å². The van der Waals surface area contributed by atoms with E-state index in [2.05, 4.69) is 50.4 Å². The largest absolute Gasteiger partial charge is 0.324 e. The predicted molar refractivity (Wildman–Crippen MR) is 73.3 cm³/mol. The summed E-state index contributed by atoms with van der Waals surface area (Å²) >= 11 is 0. The van der Waals surface area contributed by atoms with Gasteiger partial charge in [-0.3, -0.25) is 5.10 Å². The van der Waals surface area contributed by atoms with Gasteiger partial charge in [0.2, 0.25) is 0 Å². The number of aromatic nitrogens is 5. The third kappa shape index (κ3) is 2.12. The maximum Gasteiger partial charge on any atom is 0.160 e. The molecule has 0 spiro atoms. The van der Waals surface area contributed by atoms with Gasteiger partial charge < -0.3 is 5.32 Å². The molecule has 96 valence electrons. The summed E-state index contributed by atoms with van der Waals surface area (Å²) in [6.45, 7) is 4.27. The molecule has 3 heterocycles. The number of fused-ring (bicyclic) bond motifs is 1. The van der Waals surface area contributed by atoms with Crippen LogP contribution in [0.4, 0.5) is 11.6 Å². The molecule has 19 heavy (non-hydrogen) atoms. The van der Waals surface area contributed by atoms with E-state index in [-0.39, 0.29) is 0 Å². The van der Waals surface area contributed by atoms with Crippen molar-refractivity contribution in [1.29, 1.82) is 0 Å². The van der Waals surface area contributed by atoms with Crippen LogP contribution in [0, 0.1) is 0 Å². The molecule has 0 aliphatic carbocycles. The van der Waals surface area contributed by atoms with Gasteiger partial charge in [0.1, 0.15) is 18.0 Å². The summed E-state index contributed by atoms with van der Waals surface area (Å²) in [6, 6.07) is 4.00. The minimum atomic E-state index is 0.387. The average molecular weight is 254 g/mol. The third-order valence-corrected chi connectivity index (χ3v) is 2.95. The SMILES string of the molecule is CC(C)c1cccnc1Nc1ncnc2[nH]ncc12. The molecule has 0 fully saturated rings. The topological polar surface area (TPSA) is 79.4 Å². The monoisotopic (exact) mass is 254 g/mol. The number of aromatic amines is 1. The summed E-state index contributed by atoms with van der Waals surface area (Å²) in [5.41, 5.74) is 1.86. The van der Waals surface area contributed by atoms with Crippen molar-refractivity contribution in [2.24, 2.45) is 0 Å². The minimum Gasteiger partial charge on any atom is -0.324 e. The molecule has 0 aromatic carbocycles. The molecule has 0 radical (unpaired) electrons. The van der Waals surface area contributed by atoms with Gasteiger partial charge in [-0.2, -0.15) is 5.10 Å². The van der Waals surface area contributed by atoms with Gasteiger partial charge in [-0.05, 0) is 17.5 Å². The van der Waals surface area contributed by atoms with Crippen LogP contribution in [0.25, 0.3) is 11.0 Å². The van der Waals surface area contributed by atoms with Crippen molar-refractivity contribution in [3.63, 3.8) is 0 Å². The fourth-order valence-electron chi connectivity index (χ4n) is 1.96. The number of pyridine rings is 1. The molecule has 6 heteroatoms. The molecule has 0 bridgehead atoms. The van der Waals surface area contributed by atoms with E-state index in [4.69, 9.17) is 0 Å². The highest BCUT2D eigenvalue weighted by Crippen LogP contribution is 2.26. The quantitative estimate of drug-likeness (QED) is 0.751. The maximum atomic E-state index is 4.38. The minimum absolute atomic E-state index is 0.387. The van der Waals surface area contributed by atoms with Crippen LogP contribution in [-0.2, 0) is 0 Å². The number of hydrogen-bond donors (Lipinski definition) is 2. The molecule has 3 aromatic heterocycles. The highest BCUT2D eigenvalue weighted by atomic mass is 15.2. The smallest absolute Gasteiger partial charge is 0.160 e. The number of rotatable bonds is 3. The Kier molecular flexibility index (Phi) is 2.83. The average Bonchev–Trinajstić information content (AvgIpc) is 2.88. The van der Waals surface area contributed by atoms with Crippen molar-refractivity contribution >= 4 is 22.7 Å². The van der Waals surface area contributed by atoms with E-state index in [9.17, 15) is 0 Å². The summed E-state index contributed by atoms with van der Waals surface area (Å²) in [6.07, 6.45) is 4.97. The Hall–Kier alpha value is -2.50. The van der Waals surface area contributed by atoms with Gasteiger partial charge in [-0.1, -0.05) is 19.9 Å². The first-order valence-corrected chi connectivity index (χ1v) is 6.11. The zero-order valence-corrected chi connectivity index (χ0v) is 10.8. The van der Waals surface area contributed by atoms with Crippen LogP contribution >= 0.6 is 0 Å². The first-order chi connectivity index (χ1) is 9.25. The first kappa shape index (κ1) is 11.6. The third-order valence-electron chi connectivity index (χ3n) is 2.95. The zero-order chi connectivity index (χ0) is 13.2. The molecule has 0 unspecified atom stereocenters. The van der Waals surface area contributed by atoms with E-state index in [1.807, 2.05) is 6.07 Å². The number of hydrogen-bond acceptors (Lipinski definition) is 5. The van der Waals surface area contributed by atoms with Crippen LogP contribution in [0.2, 0.25) is 0 Å². The Bertz CT molecular complexity index is 703. The van der Waals surface area contributed by atoms with Gasteiger partial charge in [-0.25, -0.2) is 15.0 Å². The molecule has 0 aliphatic heterocycles. The molecule has 0 amide bonds. The molecular formula is C13H14N6. The lowest BCUT2D eigenvalue weighted by Crippen LogP contribution is -2.02. The van der Waals surface area contributed by atoms with Crippen molar-refractivity contribution in [3.8, 4) is 0 Å². The predicted octanol–water partition coefficient (Wildman–Crippen LogP) is 2.61. The molecule has 3 rings (SSSR count). The van der Waals surface area contributed by atoms with E-state index < -0.39 is 0 Å². The van der Waals surface area contributed by atoms with Crippen LogP contribution in [0.5, 0.6) is 0 Å². The maximum absolute atomic E-state index is 4.38. The van der Waals surface area contributed by atoms with Gasteiger partial charge in [0.25, 0.3) is 0 Å². The highest BCUT2D eigenvalue weighted by molar-refractivity contribution is 5.87. The van der Waals surface area contributed by atoms with E-state index in [0.717, 1.165) is 16.8 Å². The van der Waals surface area contributed by atoms with Crippen molar-refractivity contribution in [2.45, 2.75) is 19.8 Å². The van der Waals surface area contributed by atoms with Crippen LogP contribution in [0.15, 0.2) is 30.9 Å². The summed E-state index contributed by atoms with van der Waals surface area (Å²) in [4.78, 5) is 12.7. The van der Waals surface area contributed by atoms with Crippen molar-refractivity contribution in [1.82, 2.24) is 25.1 Å². The molecule has 0 atom stereocenters. The molecular weight excluding hydrogens is 240 g/mol. The highest BCUT2D eigenvalue weighted by Gasteiger charge is 2.10. The normalized spacial score (nSPS) is 11.1. The molecule has 0 saturated carbocycles. The fraction of sp³-hybridized carbons (Fsp3) is 0.231. The van der Waals surface area contributed by atoms with Gasteiger partial charge in [-0.15, -0.1) is 0 Å². The van der Waals surface area contributed by atoms with E-state index in [0.29, 0.717) is 17.4 Å². The van der Waals surface area contributed by atoms with E-state index in [1.165, 1.54) is 6.33 Å². The van der Waals surface area contributed by atoms with Crippen LogP contribution < -0.4 is 5.32 Å². The van der Waals surface area contributed by atoms with Gasteiger partial charge >= 0.3 is 0 Å². The summed E-state index contributed by atoms with van der Waals surface area (Å²) in [5.74, 6) is 1.91. The second-order valence-electron chi connectivity index (χ2n) is 4.58. The van der Waals surface area contributed by atoms with Gasteiger partial charge in [0.15, 0.2) is 5.65 Å². The number of nitrogens with one attached hydrogen (secondary N) is 2. The summed E-state index contributed by atoms with van der Waals surface area (Å²) < 4.78 is 0. The number of anilines is 2. The Morgan fingerprint density at radius 3 is 2.89 bits per heavy atom. The molecule has 0 aliphatic rings. The zero-order valence-electron chi connectivity index (χ0n) is 10.8. The standard InChI is InChI=1S/C13H14N6/c1-8(2)9-4-3-5-14-11(9)18-12-10-6-17-19-13(10)16-7-15-12/h3-8H,1-2H3,(H2,14,15,16,17,18,19). The Balaban J connectivity index is 2.04. The van der Waals surface area contributed by atoms with Gasteiger partial charge in [0.05, 0.1) is 11.6 Å². The Labute approximate surface area is 110 Å². The molecule has 3 aromatic rings. The van der Waals surface area contributed by atoms with Crippen molar-refractivity contribution in [3.05, 3.63) is 36.4 Å². The lowest BCUT2D eigenvalue weighted by molar-refractivity contribution is 0.861. The van der Waals surface area contributed by atoms with Gasteiger partial charge in [0, 0.05) is 6.20 Å². The first-order valence-electron chi connectivity index (χ1n) is 6.11. The number of H-pyrrole nitrogens is 1. The van der Waals surface area contributed by atoms with Crippen molar-refractivity contribution < 1.29 is 0 Å². The lowest BCUT2D eigenvalue weighted by Gasteiger charge is -2.12. The Morgan fingerprint density at radius 1 is 1.16 bits per heavy atom. The summed E-state index contributed by atoms with van der Waals surface area (Å²) in [7, 11) is 0.